The Morgan fingerprint density at radius 3 is 2.82 bits per heavy atom. The number of amides is 2. The molecule has 3 rings (SSSR count). The van der Waals surface area contributed by atoms with Crippen molar-refractivity contribution in [1.82, 2.24) is 19.2 Å². The second kappa shape index (κ2) is 5.67. The van der Waals surface area contributed by atoms with Crippen LogP contribution in [-0.2, 0) is 11.8 Å². The fraction of sp³-hybridized carbons (Fsp3) is 0.400. The summed E-state index contributed by atoms with van der Waals surface area (Å²) < 4.78 is 3.65. The highest BCUT2D eigenvalue weighted by atomic mass is 16.2. The van der Waals surface area contributed by atoms with Crippen LogP contribution in [0, 0.1) is 0 Å². The fourth-order valence-corrected chi connectivity index (χ4v) is 2.78. The van der Waals surface area contributed by atoms with Crippen LogP contribution in [0.15, 0.2) is 30.6 Å². The van der Waals surface area contributed by atoms with Gasteiger partial charge in [0.2, 0.25) is 5.91 Å². The monoisotopic (exact) mass is 301 g/mol. The Morgan fingerprint density at radius 2 is 2.14 bits per heavy atom. The van der Waals surface area contributed by atoms with Gasteiger partial charge in [-0.25, -0.2) is 0 Å². The van der Waals surface area contributed by atoms with E-state index in [1.54, 1.807) is 6.07 Å². The summed E-state index contributed by atoms with van der Waals surface area (Å²) in [6.07, 6.45) is 4.57. The van der Waals surface area contributed by atoms with Crippen LogP contribution in [-0.4, -0.2) is 44.2 Å². The lowest BCUT2D eigenvalue weighted by molar-refractivity contribution is -0.114. The predicted molar refractivity (Wildman–Crippen MR) is 81.5 cm³/mol. The number of rotatable bonds is 3. The maximum Gasteiger partial charge on any atom is 0.270 e. The van der Waals surface area contributed by atoms with E-state index in [1.807, 2.05) is 45.7 Å². The number of nitrogens with zero attached hydrogens (tertiary/aromatic N) is 4. The number of anilines is 1. The average molecular weight is 301 g/mol. The summed E-state index contributed by atoms with van der Waals surface area (Å²) in [7, 11) is 1.87. The number of hydrogen-bond acceptors (Lipinski definition) is 3. The molecule has 0 radical (unpaired) electrons. The van der Waals surface area contributed by atoms with Crippen molar-refractivity contribution in [2.45, 2.75) is 19.4 Å². The third-order valence-corrected chi connectivity index (χ3v) is 3.90. The van der Waals surface area contributed by atoms with Gasteiger partial charge in [-0.2, -0.15) is 5.10 Å². The summed E-state index contributed by atoms with van der Waals surface area (Å²) in [6.45, 7) is 2.80. The number of hydrogen-bond donors (Lipinski definition) is 1. The van der Waals surface area contributed by atoms with Gasteiger partial charge in [0, 0.05) is 45.5 Å². The predicted octanol–water partition coefficient (Wildman–Crippen LogP) is 1.27. The van der Waals surface area contributed by atoms with Crippen LogP contribution in [0.4, 0.5) is 5.82 Å². The van der Waals surface area contributed by atoms with Crippen molar-refractivity contribution in [2.24, 2.45) is 7.05 Å². The summed E-state index contributed by atoms with van der Waals surface area (Å²) in [5.41, 5.74) is 0.694. The molecule has 0 aliphatic carbocycles. The molecular formula is C15H19N5O2. The number of carbonyl (C=O) groups excluding carboxylic acids is 2. The smallest absolute Gasteiger partial charge is 0.270 e. The van der Waals surface area contributed by atoms with Crippen molar-refractivity contribution in [3.05, 3.63) is 36.3 Å². The maximum absolute atomic E-state index is 12.5. The number of carbonyl (C=O) groups is 2. The highest BCUT2D eigenvalue weighted by Crippen LogP contribution is 2.23. The van der Waals surface area contributed by atoms with Crippen LogP contribution < -0.4 is 5.32 Å². The third kappa shape index (κ3) is 2.74. The number of aromatic nitrogens is 3. The van der Waals surface area contributed by atoms with Crippen LogP contribution in [0.25, 0.3) is 0 Å². The summed E-state index contributed by atoms with van der Waals surface area (Å²) in [4.78, 5) is 25.4. The Kier molecular flexibility index (Phi) is 3.70. The number of aryl methyl sites for hydroxylation is 1. The maximum atomic E-state index is 12.5. The molecule has 2 aromatic heterocycles. The molecule has 7 nitrogen and oxygen atoms in total. The van der Waals surface area contributed by atoms with E-state index in [4.69, 9.17) is 0 Å². The van der Waals surface area contributed by atoms with Gasteiger partial charge in [-0.1, -0.05) is 0 Å². The van der Waals surface area contributed by atoms with Gasteiger partial charge < -0.3 is 14.8 Å². The standard InChI is InChI=1S/C15H19N5O2/c1-11(21)16-14-6-9-20(17-14)12-5-8-19(10-12)15(22)13-4-3-7-18(13)2/h3-4,6-7,9,12H,5,8,10H2,1-2H3,(H,16,17,21)/t12-/m1/s1. The molecule has 0 bridgehead atoms. The Morgan fingerprint density at radius 1 is 1.32 bits per heavy atom. The Labute approximate surface area is 128 Å². The Balaban J connectivity index is 1.67. The van der Waals surface area contributed by atoms with Crippen molar-refractivity contribution in [3.8, 4) is 0 Å². The third-order valence-electron chi connectivity index (χ3n) is 3.90. The first-order chi connectivity index (χ1) is 10.5. The molecule has 0 aromatic carbocycles. The van der Waals surface area contributed by atoms with E-state index < -0.39 is 0 Å². The van der Waals surface area contributed by atoms with E-state index in [1.165, 1.54) is 6.92 Å². The van der Waals surface area contributed by atoms with Gasteiger partial charge in [-0.05, 0) is 18.6 Å². The van der Waals surface area contributed by atoms with Crippen LogP contribution in [0.2, 0.25) is 0 Å². The van der Waals surface area contributed by atoms with Gasteiger partial charge in [0.25, 0.3) is 5.91 Å². The molecule has 1 atom stereocenters. The molecule has 1 fully saturated rings. The molecule has 1 N–H and O–H groups in total. The van der Waals surface area contributed by atoms with E-state index in [0.29, 0.717) is 24.6 Å². The van der Waals surface area contributed by atoms with Crippen LogP contribution in [0.3, 0.4) is 0 Å². The fourth-order valence-electron chi connectivity index (χ4n) is 2.78. The summed E-state index contributed by atoms with van der Waals surface area (Å²) >= 11 is 0. The van der Waals surface area contributed by atoms with Gasteiger partial charge in [0.1, 0.15) is 5.69 Å². The first kappa shape index (κ1) is 14.4. The van der Waals surface area contributed by atoms with E-state index in [-0.39, 0.29) is 17.9 Å². The molecule has 2 aromatic rings. The minimum absolute atomic E-state index is 0.0456. The normalized spacial score (nSPS) is 17.7. The van der Waals surface area contributed by atoms with Crippen molar-refractivity contribution in [1.29, 1.82) is 0 Å². The Bertz CT molecular complexity index is 702. The molecule has 0 saturated carbocycles. The molecule has 3 heterocycles. The van der Waals surface area contributed by atoms with Crippen LogP contribution in [0.5, 0.6) is 0 Å². The first-order valence-electron chi connectivity index (χ1n) is 7.28. The van der Waals surface area contributed by atoms with Crippen LogP contribution in [0.1, 0.15) is 29.9 Å². The zero-order chi connectivity index (χ0) is 15.7. The summed E-state index contributed by atoms with van der Waals surface area (Å²) in [5.74, 6) is 0.445. The van der Waals surface area contributed by atoms with Crippen LogP contribution >= 0.6 is 0 Å². The van der Waals surface area contributed by atoms with Gasteiger partial charge in [-0.15, -0.1) is 0 Å². The van der Waals surface area contributed by atoms with E-state index in [2.05, 4.69) is 10.4 Å². The van der Waals surface area contributed by atoms with Gasteiger partial charge in [0.15, 0.2) is 5.82 Å². The van der Waals surface area contributed by atoms with E-state index in [9.17, 15) is 9.59 Å². The molecule has 0 unspecified atom stereocenters. The van der Waals surface area contributed by atoms with Gasteiger partial charge in [0.05, 0.1) is 6.04 Å². The van der Waals surface area contributed by atoms with Crippen molar-refractivity contribution in [3.63, 3.8) is 0 Å². The SMILES string of the molecule is CC(=O)Nc1ccn([C@@H]2CCN(C(=O)c3cccn3C)C2)n1. The minimum atomic E-state index is -0.141. The molecule has 116 valence electrons. The molecule has 0 spiro atoms. The van der Waals surface area contributed by atoms with Crippen molar-refractivity contribution >= 4 is 17.6 Å². The van der Waals surface area contributed by atoms with Crippen molar-refractivity contribution < 1.29 is 9.59 Å². The summed E-state index contributed by atoms with van der Waals surface area (Å²) in [6, 6.07) is 5.61. The molecule has 1 saturated heterocycles. The zero-order valence-electron chi connectivity index (χ0n) is 12.7. The molecule has 22 heavy (non-hydrogen) atoms. The average Bonchev–Trinajstić information content (AvgIpc) is 3.16. The minimum Gasteiger partial charge on any atom is -0.347 e. The number of nitrogens with one attached hydrogen (secondary N) is 1. The largest absolute Gasteiger partial charge is 0.347 e. The lowest BCUT2D eigenvalue weighted by Crippen LogP contribution is -2.30. The van der Waals surface area contributed by atoms with Gasteiger partial charge in [-0.3, -0.25) is 14.3 Å². The summed E-state index contributed by atoms with van der Waals surface area (Å²) in [5, 5.41) is 7.01. The topological polar surface area (TPSA) is 72.2 Å². The van der Waals surface area contributed by atoms with Crippen molar-refractivity contribution in [2.75, 3.05) is 18.4 Å². The molecule has 7 heteroatoms. The number of likely N-dealkylation sites (tertiary alicyclic amines) is 1. The Hall–Kier alpha value is -2.57. The second-order valence-electron chi connectivity index (χ2n) is 5.56. The molecular weight excluding hydrogens is 282 g/mol. The van der Waals surface area contributed by atoms with E-state index >= 15 is 0 Å². The second-order valence-corrected chi connectivity index (χ2v) is 5.56. The lowest BCUT2D eigenvalue weighted by atomic mass is 10.3. The highest BCUT2D eigenvalue weighted by molar-refractivity contribution is 5.93. The van der Waals surface area contributed by atoms with E-state index in [0.717, 1.165) is 6.42 Å². The zero-order valence-corrected chi connectivity index (χ0v) is 12.7. The first-order valence-corrected chi connectivity index (χ1v) is 7.28. The van der Waals surface area contributed by atoms with Gasteiger partial charge >= 0.3 is 0 Å². The lowest BCUT2D eigenvalue weighted by Gasteiger charge is -2.17. The molecule has 1 aliphatic heterocycles. The quantitative estimate of drug-likeness (QED) is 0.928. The molecule has 1 aliphatic rings. The highest BCUT2D eigenvalue weighted by Gasteiger charge is 2.29. The molecule has 2 amide bonds.